The van der Waals surface area contributed by atoms with Crippen LogP contribution in [0.2, 0.25) is 0 Å². The molecular formula is C17H25NO3. The minimum Gasteiger partial charge on any atom is -0.497 e. The van der Waals surface area contributed by atoms with Crippen molar-refractivity contribution < 1.29 is 14.3 Å². The minimum atomic E-state index is -0.440. The Morgan fingerprint density at radius 3 is 2.52 bits per heavy atom. The van der Waals surface area contributed by atoms with Crippen LogP contribution in [0.3, 0.4) is 0 Å². The number of amides is 1. The van der Waals surface area contributed by atoms with Gasteiger partial charge in [0.25, 0.3) is 0 Å². The Kier molecular flexibility index (Phi) is 4.76. The zero-order chi connectivity index (χ0) is 15.5. The number of methoxy groups -OCH3 is 1. The first kappa shape index (κ1) is 15.7. The van der Waals surface area contributed by atoms with Gasteiger partial charge in [0.1, 0.15) is 11.4 Å². The highest BCUT2D eigenvalue weighted by Crippen LogP contribution is 2.24. The van der Waals surface area contributed by atoms with Crippen LogP contribution in [0.25, 0.3) is 0 Å². The van der Waals surface area contributed by atoms with E-state index in [0.29, 0.717) is 0 Å². The van der Waals surface area contributed by atoms with E-state index in [4.69, 9.17) is 9.47 Å². The molecule has 1 saturated heterocycles. The SMILES string of the molecule is COc1ccc(C[C@H]2CCCN2C(=O)OC(C)(C)C)cc1. The molecule has 1 aromatic rings. The predicted octanol–water partition coefficient (Wildman–Crippen LogP) is 3.64. The van der Waals surface area contributed by atoms with E-state index in [9.17, 15) is 4.79 Å². The molecule has 0 unspecified atom stereocenters. The van der Waals surface area contributed by atoms with Crippen LogP contribution in [0.5, 0.6) is 5.75 Å². The van der Waals surface area contributed by atoms with Crippen molar-refractivity contribution in [2.75, 3.05) is 13.7 Å². The number of carbonyl (C=O) groups excluding carboxylic acids is 1. The average Bonchev–Trinajstić information content (AvgIpc) is 2.86. The monoisotopic (exact) mass is 291 g/mol. The summed E-state index contributed by atoms with van der Waals surface area (Å²) in [6.07, 6.45) is 2.74. The van der Waals surface area contributed by atoms with Gasteiger partial charge in [0.2, 0.25) is 0 Å². The number of hydrogen-bond donors (Lipinski definition) is 0. The number of hydrogen-bond acceptors (Lipinski definition) is 3. The molecule has 2 rings (SSSR count). The molecule has 1 aliphatic heterocycles. The van der Waals surface area contributed by atoms with Gasteiger partial charge in [0.05, 0.1) is 7.11 Å². The first-order chi connectivity index (χ1) is 9.89. The number of likely N-dealkylation sites (tertiary alicyclic amines) is 1. The van der Waals surface area contributed by atoms with Gasteiger partial charge in [-0.25, -0.2) is 4.79 Å². The van der Waals surface area contributed by atoms with Gasteiger partial charge in [-0.1, -0.05) is 12.1 Å². The summed E-state index contributed by atoms with van der Waals surface area (Å²) < 4.78 is 10.7. The van der Waals surface area contributed by atoms with Crippen molar-refractivity contribution >= 4 is 6.09 Å². The quantitative estimate of drug-likeness (QED) is 0.853. The summed E-state index contributed by atoms with van der Waals surface area (Å²) in [6.45, 7) is 6.49. The Hall–Kier alpha value is -1.71. The highest BCUT2D eigenvalue weighted by atomic mass is 16.6. The van der Waals surface area contributed by atoms with Crippen LogP contribution >= 0.6 is 0 Å². The zero-order valence-electron chi connectivity index (χ0n) is 13.4. The van der Waals surface area contributed by atoms with Gasteiger partial charge < -0.3 is 14.4 Å². The summed E-state index contributed by atoms with van der Waals surface area (Å²) in [6, 6.07) is 8.27. The topological polar surface area (TPSA) is 38.8 Å². The van der Waals surface area contributed by atoms with E-state index in [-0.39, 0.29) is 12.1 Å². The van der Waals surface area contributed by atoms with E-state index in [1.54, 1.807) is 7.11 Å². The van der Waals surface area contributed by atoms with Crippen molar-refractivity contribution in [3.05, 3.63) is 29.8 Å². The Labute approximate surface area is 127 Å². The second kappa shape index (κ2) is 6.37. The molecule has 0 N–H and O–H groups in total. The molecule has 4 heteroatoms. The van der Waals surface area contributed by atoms with Crippen molar-refractivity contribution in [1.82, 2.24) is 4.90 Å². The maximum atomic E-state index is 12.2. The van der Waals surface area contributed by atoms with Crippen molar-refractivity contribution in [2.24, 2.45) is 0 Å². The molecule has 1 amide bonds. The molecule has 1 atom stereocenters. The van der Waals surface area contributed by atoms with E-state index in [0.717, 1.165) is 31.6 Å². The number of rotatable bonds is 3. The third-order valence-corrected chi connectivity index (χ3v) is 3.64. The van der Waals surface area contributed by atoms with E-state index < -0.39 is 5.60 Å². The third kappa shape index (κ3) is 4.38. The van der Waals surface area contributed by atoms with E-state index in [1.807, 2.05) is 37.8 Å². The van der Waals surface area contributed by atoms with Gasteiger partial charge in [0, 0.05) is 12.6 Å². The van der Waals surface area contributed by atoms with Gasteiger partial charge in [-0.15, -0.1) is 0 Å². The third-order valence-electron chi connectivity index (χ3n) is 3.64. The molecule has 0 saturated carbocycles. The van der Waals surface area contributed by atoms with Crippen LogP contribution < -0.4 is 4.74 Å². The highest BCUT2D eigenvalue weighted by Gasteiger charge is 2.32. The summed E-state index contributed by atoms with van der Waals surface area (Å²) in [5, 5.41) is 0. The largest absolute Gasteiger partial charge is 0.497 e. The fraction of sp³-hybridized carbons (Fsp3) is 0.588. The Morgan fingerprint density at radius 1 is 1.29 bits per heavy atom. The van der Waals surface area contributed by atoms with E-state index >= 15 is 0 Å². The lowest BCUT2D eigenvalue weighted by Gasteiger charge is -2.28. The molecule has 21 heavy (non-hydrogen) atoms. The second-order valence-corrected chi connectivity index (χ2v) is 6.52. The summed E-state index contributed by atoms with van der Waals surface area (Å²) >= 11 is 0. The molecule has 0 aliphatic carbocycles. The van der Waals surface area contributed by atoms with E-state index in [1.165, 1.54) is 5.56 Å². The van der Waals surface area contributed by atoms with Crippen LogP contribution in [0, 0.1) is 0 Å². The van der Waals surface area contributed by atoms with Crippen LogP contribution in [0.4, 0.5) is 4.79 Å². The van der Waals surface area contributed by atoms with Crippen molar-refractivity contribution in [2.45, 2.75) is 51.7 Å². The molecule has 0 spiro atoms. The lowest BCUT2D eigenvalue weighted by molar-refractivity contribution is 0.0227. The molecule has 0 aromatic heterocycles. The first-order valence-electron chi connectivity index (χ1n) is 7.51. The zero-order valence-corrected chi connectivity index (χ0v) is 13.4. The number of ether oxygens (including phenoxy) is 2. The molecule has 1 fully saturated rings. The minimum absolute atomic E-state index is 0.196. The molecule has 1 aromatic carbocycles. The van der Waals surface area contributed by atoms with Crippen molar-refractivity contribution in [1.29, 1.82) is 0 Å². The molecule has 4 nitrogen and oxygen atoms in total. The second-order valence-electron chi connectivity index (χ2n) is 6.52. The van der Waals surface area contributed by atoms with Gasteiger partial charge in [0.15, 0.2) is 0 Å². The molecule has 1 heterocycles. The van der Waals surface area contributed by atoms with Gasteiger partial charge in [-0.05, 0) is 57.7 Å². The van der Waals surface area contributed by atoms with E-state index in [2.05, 4.69) is 12.1 Å². The maximum absolute atomic E-state index is 12.2. The number of carbonyl (C=O) groups is 1. The van der Waals surface area contributed by atoms with Gasteiger partial charge in [-0.2, -0.15) is 0 Å². The smallest absolute Gasteiger partial charge is 0.410 e. The fourth-order valence-electron chi connectivity index (χ4n) is 2.64. The number of benzene rings is 1. The van der Waals surface area contributed by atoms with Crippen molar-refractivity contribution in [3.63, 3.8) is 0 Å². The summed E-state index contributed by atoms with van der Waals surface area (Å²) in [5.41, 5.74) is 0.779. The maximum Gasteiger partial charge on any atom is 0.410 e. The Balaban J connectivity index is 1.99. The van der Waals surface area contributed by atoms with Crippen molar-refractivity contribution in [3.8, 4) is 5.75 Å². The highest BCUT2D eigenvalue weighted by molar-refractivity contribution is 5.69. The average molecular weight is 291 g/mol. The Bertz CT molecular complexity index is 476. The van der Waals surface area contributed by atoms with Crippen LogP contribution in [-0.2, 0) is 11.2 Å². The van der Waals surface area contributed by atoms with Gasteiger partial charge >= 0.3 is 6.09 Å². The number of nitrogens with zero attached hydrogens (tertiary/aromatic N) is 1. The molecule has 0 radical (unpaired) electrons. The molecule has 1 aliphatic rings. The Morgan fingerprint density at radius 2 is 1.95 bits per heavy atom. The normalized spacial score (nSPS) is 18.7. The summed E-state index contributed by atoms with van der Waals surface area (Å²) in [5.74, 6) is 0.856. The lowest BCUT2D eigenvalue weighted by Crippen LogP contribution is -2.40. The molecular weight excluding hydrogens is 266 g/mol. The first-order valence-corrected chi connectivity index (χ1v) is 7.51. The van der Waals surface area contributed by atoms with Crippen LogP contribution in [-0.4, -0.2) is 36.3 Å². The van der Waals surface area contributed by atoms with Crippen LogP contribution in [0.15, 0.2) is 24.3 Å². The van der Waals surface area contributed by atoms with Crippen LogP contribution in [0.1, 0.15) is 39.2 Å². The lowest BCUT2D eigenvalue weighted by atomic mass is 10.0. The van der Waals surface area contributed by atoms with Gasteiger partial charge in [-0.3, -0.25) is 0 Å². The standard InChI is InChI=1S/C17H25NO3/c1-17(2,3)21-16(19)18-11-5-6-14(18)12-13-7-9-15(20-4)10-8-13/h7-10,14H,5-6,11-12H2,1-4H3/t14-/m1/s1. The fourth-order valence-corrected chi connectivity index (χ4v) is 2.64. The molecule has 0 bridgehead atoms. The summed E-state index contributed by atoms with van der Waals surface area (Å²) in [4.78, 5) is 14.1. The molecule has 116 valence electrons. The summed E-state index contributed by atoms with van der Waals surface area (Å²) in [7, 11) is 1.66. The predicted molar refractivity (Wildman–Crippen MR) is 82.7 cm³/mol.